The molecule has 0 radical (unpaired) electrons. The van der Waals surface area contributed by atoms with Crippen LogP contribution in [0, 0.1) is 0 Å². The smallest absolute Gasteiger partial charge is 0.251 e. The molecule has 6 nitrogen and oxygen atoms in total. The molecule has 0 bridgehead atoms. The molecule has 3 rings (SSSR count). The van der Waals surface area contributed by atoms with E-state index in [4.69, 9.17) is 4.42 Å². The molecule has 2 heterocycles. The van der Waals surface area contributed by atoms with Crippen LogP contribution in [0.5, 0.6) is 0 Å². The first-order chi connectivity index (χ1) is 12.4. The molecule has 0 saturated carbocycles. The second-order valence-corrected chi connectivity index (χ2v) is 8.54. The molecular formula is C19H22N2O4S. The van der Waals surface area contributed by atoms with Gasteiger partial charge in [0.2, 0.25) is 0 Å². The third-order valence-corrected chi connectivity index (χ3v) is 6.26. The summed E-state index contributed by atoms with van der Waals surface area (Å²) in [5.41, 5.74) is 0.993. The summed E-state index contributed by atoms with van der Waals surface area (Å²) < 4.78 is 29.6. The number of benzene rings is 1. The van der Waals surface area contributed by atoms with Gasteiger partial charge in [0.25, 0.3) is 5.91 Å². The molecule has 1 N–H and O–H groups in total. The molecule has 0 saturated heterocycles. The van der Waals surface area contributed by atoms with Crippen molar-refractivity contribution in [2.45, 2.75) is 12.5 Å². The van der Waals surface area contributed by atoms with Crippen molar-refractivity contribution >= 4 is 20.6 Å². The third-order valence-electron chi connectivity index (χ3n) is 4.41. The zero-order chi connectivity index (χ0) is 18.7. The number of rotatable bonds is 6. The van der Waals surface area contributed by atoms with Crippen molar-refractivity contribution < 1.29 is 17.6 Å². The fourth-order valence-electron chi connectivity index (χ4n) is 3.00. The number of carbonyl (C=O) groups excluding carboxylic acids is 1. The summed E-state index contributed by atoms with van der Waals surface area (Å²) in [5, 5.41) is 2.90. The van der Waals surface area contributed by atoms with Gasteiger partial charge in [-0.3, -0.25) is 9.69 Å². The van der Waals surface area contributed by atoms with E-state index in [-0.39, 0.29) is 17.7 Å². The van der Waals surface area contributed by atoms with Crippen LogP contribution in [0.2, 0.25) is 0 Å². The number of sulfone groups is 1. The van der Waals surface area contributed by atoms with Crippen molar-refractivity contribution in [3.63, 3.8) is 0 Å². The number of amides is 1. The molecule has 138 valence electrons. The highest BCUT2D eigenvalue weighted by Gasteiger charge is 2.25. The number of carbonyl (C=O) groups is 1. The average molecular weight is 374 g/mol. The Morgan fingerprint density at radius 1 is 1.27 bits per heavy atom. The standard InChI is InChI=1S/C19H22N2O4S/c1-21(2)16(17-8-4-10-25-17)13-20-19(22)15-7-3-6-14(12-15)18-9-5-11-26(18,23)24/h3-4,6-10,12,16H,5,11,13H2,1-2H3,(H,20,22)/t16-/m0/s1. The van der Waals surface area contributed by atoms with Crippen molar-refractivity contribution in [3.8, 4) is 0 Å². The molecular weight excluding hydrogens is 352 g/mol. The summed E-state index contributed by atoms with van der Waals surface area (Å²) in [5.74, 6) is 0.652. The van der Waals surface area contributed by atoms with Crippen molar-refractivity contribution in [1.82, 2.24) is 10.2 Å². The molecule has 1 atom stereocenters. The second-order valence-electron chi connectivity index (χ2n) is 6.46. The molecule has 0 unspecified atom stereocenters. The molecule has 1 aliphatic rings. The first kappa shape index (κ1) is 18.4. The lowest BCUT2D eigenvalue weighted by atomic mass is 10.1. The van der Waals surface area contributed by atoms with Gasteiger partial charge in [0.1, 0.15) is 5.76 Å². The average Bonchev–Trinajstić information content (AvgIpc) is 3.24. The molecule has 0 fully saturated rings. The van der Waals surface area contributed by atoms with Gasteiger partial charge in [-0.2, -0.15) is 0 Å². The van der Waals surface area contributed by atoms with Gasteiger partial charge in [-0.05, 0) is 50.3 Å². The minimum absolute atomic E-state index is 0.0879. The van der Waals surface area contributed by atoms with E-state index in [1.54, 1.807) is 36.6 Å². The maximum atomic E-state index is 12.5. The lowest BCUT2D eigenvalue weighted by molar-refractivity contribution is 0.0939. The summed E-state index contributed by atoms with van der Waals surface area (Å²) in [6.45, 7) is 0.380. The Morgan fingerprint density at radius 3 is 2.69 bits per heavy atom. The van der Waals surface area contributed by atoms with E-state index in [1.165, 1.54) is 0 Å². The number of nitrogens with zero attached hydrogens (tertiary/aromatic N) is 1. The Kier molecular flexibility index (Phi) is 5.29. The largest absolute Gasteiger partial charge is 0.468 e. The maximum absolute atomic E-state index is 12.5. The van der Waals surface area contributed by atoms with Crippen LogP contribution in [0.1, 0.15) is 34.1 Å². The van der Waals surface area contributed by atoms with Crippen molar-refractivity contribution in [3.05, 3.63) is 65.6 Å². The summed E-state index contributed by atoms with van der Waals surface area (Å²) >= 11 is 0. The Morgan fingerprint density at radius 2 is 2.08 bits per heavy atom. The summed E-state index contributed by atoms with van der Waals surface area (Å²) in [7, 11) is 0.589. The van der Waals surface area contributed by atoms with Crippen LogP contribution in [0.25, 0.3) is 4.91 Å². The molecule has 0 aliphatic carbocycles. The fourth-order valence-corrected chi connectivity index (χ4v) is 4.51. The lowest BCUT2D eigenvalue weighted by Crippen LogP contribution is -2.34. The van der Waals surface area contributed by atoms with Crippen molar-refractivity contribution in [2.24, 2.45) is 0 Å². The Hall–Kier alpha value is -2.38. The van der Waals surface area contributed by atoms with Crippen LogP contribution in [0.3, 0.4) is 0 Å². The van der Waals surface area contributed by atoms with E-state index >= 15 is 0 Å². The van der Waals surface area contributed by atoms with E-state index < -0.39 is 9.84 Å². The normalized spacial score (nSPS) is 17.1. The zero-order valence-corrected chi connectivity index (χ0v) is 15.6. The number of nitrogens with one attached hydrogen (secondary N) is 1. The molecule has 7 heteroatoms. The van der Waals surface area contributed by atoms with E-state index in [9.17, 15) is 13.2 Å². The molecule has 1 aliphatic heterocycles. The molecule has 1 amide bonds. The fraction of sp³-hybridized carbons (Fsp3) is 0.316. The molecule has 0 spiro atoms. The lowest BCUT2D eigenvalue weighted by Gasteiger charge is -2.22. The highest BCUT2D eigenvalue weighted by atomic mass is 32.2. The third kappa shape index (κ3) is 3.89. The van der Waals surface area contributed by atoms with Crippen LogP contribution < -0.4 is 5.32 Å². The van der Waals surface area contributed by atoms with Gasteiger partial charge in [0, 0.05) is 12.1 Å². The maximum Gasteiger partial charge on any atom is 0.251 e. The number of furan rings is 1. The number of allylic oxidation sites excluding steroid dienone is 1. The van der Waals surface area contributed by atoms with E-state index in [0.29, 0.717) is 29.0 Å². The summed E-state index contributed by atoms with van der Waals surface area (Å²) in [6, 6.07) is 10.3. The Balaban J connectivity index is 1.73. The van der Waals surface area contributed by atoms with E-state index in [0.717, 1.165) is 5.76 Å². The van der Waals surface area contributed by atoms with Gasteiger partial charge < -0.3 is 9.73 Å². The van der Waals surface area contributed by atoms with Crippen LogP contribution in [-0.4, -0.2) is 45.6 Å². The highest BCUT2D eigenvalue weighted by Crippen LogP contribution is 2.28. The number of likely N-dealkylation sites (N-methyl/N-ethyl adjacent to an activating group) is 1. The van der Waals surface area contributed by atoms with Gasteiger partial charge in [-0.15, -0.1) is 0 Å². The SMILES string of the molecule is CN(C)[C@@H](CNC(=O)c1cccc(C2=CCCS2(=O)=O)c1)c1ccco1. The van der Waals surface area contributed by atoms with Crippen LogP contribution in [-0.2, 0) is 9.84 Å². The predicted octanol–water partition coefficient (Wildman–Crippen LogP) is 2.47. The van der Waals surface area contributed by atoms with E-state index in [1.807, 2.05) is 31.1 Å². The minimum atomic E-state index is -3.24. The summed E-state index contributed by atoms with van der Waals surface area (Å²) in [6.07, 6.45) is 3.83. The Bertz CT molecular complexity index is 915. The van der Waals surface area contributed by atoms with Crippen LogP contribution in [0.15, 0.2) is 53.2 Å². The number of hydrogen-bond acceptors (Lipinski definition) is 5. The van der Waals surface area contributed by atoms with Gasteiger partial charge in [0.15, 0.2) is 9.84 Å². The van der Waals surface area contributed by atoms with Gasteiger partial charge in [-0.25, -0.2) is 8.42 Å². The first-order valence-corrected chi connectivity index (χ1v) is 10.0. The minimum Gasteiger partial charge on any atom is -0.468 e. The monoisotopic (exact) mass is 374 g/mol. The van der Waals surface area contributed by atoms with Crippen LogP contribution in [0.4, 0.5) is 0 Å². The molecule has 26 heavy (non-hydrogen) atoms. The van der Waals surface area contributed by atoms with Gasteiger partial charge in [-0.1, -0.05) is 18.2 Å². The van der Waals surface area contributed by atoms with Gasteiger partial charge in [0.05, 0.1) is 23.0 Å². The Labute approximate surface area is 153 Å². The zero-order valence-electron chi connectivity index (χ0n) is 14.8. The first-order valence-electron chi connectivity index (χ1n) is 8.40. The molecule has 1 aromatic carbocycles. The highest BCUT2D eigenvalue weighted by molar-refractivity contribution is 8.00. The van der Waals surface area contributed by atoms with Crippen LogP contribution >= 0.6 is 0 Å². The quantitative estimate of drug-likeness (QED) is 0.840. The predicted molar refractivity (Wildman–Crippen MR) is 100 cm³/mol. The second kappa shape index (κ2) is 7.47. The van der Waals surface area contributed by atoms with Crippen molar-refractivity contribution in [2.75, 3.05) is 26.4 Å². The molecule has 1 aromatic heterocycles. The van der Waals surface area contributed by atoms with Gasteiger partial charge >= 0.3 is 0 Å². The molecule has 2 aromatic rings. The van der Waals surface area contributed by atoms with E-state index in [2.05, 4.69) is 5.32 Å². The topological polar surface area (TPSA) is 79.6 Å². The number of hydrogen-bond donors (Lipinski definition) is 1. The summed E-state index contributed by atoms with van der Waals surface area (Å²) in [4.78, 5) is 14.8. The van der Waals surface area contributed by atoms with Crippen molar-refractivity contribution in [1.29, 1.82) is 0 Å².